The maximum absolute atomic E-state index is 14.9. The second-order valence-corrected chi connectivity index (χ2v) is 3.77. The summed E-state index contributed by atoms with van der Waals surface area (Å²) in [5.41, 5.74) is 1.66. The molecule has 0 bridgehead atoms. The molecule has 0 aromatic rings. The summed E-state index contributed by atoms with van der Waals surface area (Å²) in [4.78, 5) is 46.5. The number of rotatable bonds is 6. The molecule has 0 radical (unpaired) electrons. The van der Waals surface area contributed by atoms with Gasteiger partial charge in [-0.3, -0.25) is 4.79 Å². The lowest BCUT2D eigenvalue weighted by Crippen LogP contribution is -2.65. The Kier molecular flexibility index (Phi) is 7.84. The Morgan fingerprint density at radius 3 is 1.91 bits per heavy atom. The monoisotopic (exact) mass is 322 g/mol. The third-order valence-electron chi connectivity index (χ3n) is 2.25. The number of hydrazine groups is 1. The zero-order valence-corrected chi connectivity index (χ0v) is 12.8. The van der Waals surface area contributed by atoms with Gasteiger partial charge < -0.3 is 14.2 Å². The van der Waals surface area contributed by atoms with Crippen LogP contribution < -0.4 is 5.43 Å². The molecule has 0 saturated carbocycles. The van der Waals surface area contributed by atoms with Crippen molar-refractivity contribution in [2.45, 2.75) is 33.5 Å². The molecular weight excluding hydrogens is 303 g/mol. The smallest absolute Gasteiger partial charge is 0.432 e. The van der Waals surface area contributed by atoms with Gasteiger partial charge in [0.25, 0.3) is 0 Å². The van der Waals surface area contributed by atoms with Gasteiger partial charge in [0, 0.05) is 6.92 Å². The minimum absolute atomic E-state index is 0.0821. The molecule has 9 nitrogen and oxygen atoms in total. The van der Waals surface area contributed by atoms with E-state index in [4.69, 9.17) is 0 Å². The van der Waals surface area contributed by atoms with Crippen LogP contribution in [0, 0.1) is 0 Å². The Morgan fingerprint density at radius 1 is 1.00 bits per heavy atom. The summed E-state index contributed by atoms with van der Waals surface area (Å²) in [6.07, 6.45) is -2.70. The van der Waals surface area contributed by atoms with Crippen LogP contribution in [0.25, 0.3) is 0 Å². The van der Waals surface area contributed by atoms with Crippen molar-refractivity contribution in [2.75, 3.05) is 19.8 Å². The van der Waals surface area contributed by atoms with Crippen LogP contribution in [0.4, 0.5) is 14.0 Å². The molecule has 0 heterocycles. The van der Waals surface area contributed by atoms with Gasteiger partial charge in [-0.05, 0) is 20.8 Å². The van der Waals surface area contributed by atoms with Gasteiger partial charge in [-0.1, -0.05) is 0 Å². The topological polar surface area (TPSA) is 111 Å². The molecule has 1 unspecified atom stereocenters. The van der Waals surface area contributed by atoms with Gasteiger partial charge in [0.15, 0.2) is 0 Å². The molecule has 0 fully saturated rings. The highest BCUT2D eigenvalue weighted by atomic mass is 19.1. The van der Waals surface area contributed by atoms with Crippen LogP contribution in [-0.2, 0) is 23.8 Å². The first kappa shape index (κ1) is 19.6. The summed E-state index contributed by atoms with van der Waals surface area (Å²) in [5, 5.41) is -0.186. The van der Waals surface area contributed by atoms with Gasteiger partial charge >= 0.3 is 23.9 Å². The van der Waals surface area contributed by atoms with E-state index < -0.39 is 29.7 Å². The molecule has 0 aliphatic heterocycles. The number of Topliss-reactive ketones (excluding diaryl/α,β-unsaturated/α-hetero) is 1. The highest BCUT2D eigenvalue weighted by molar-refractivity contribution is 6.07. The molecule has 0 aromatic carbocycles. The molecule has 0 aliphatic carbocycles. The van der Waals surface area contributed by atoms with Crippen LogP contribution in [-0.4, -0.2) is 54.6 Å². The molecule has 0 spiro atoms. The number of carbonyl (C=O) groups excluding carboxylic acids is 4. The first-order chi connectivity index (χ1) is 10.2. The SMILES string of the molecule is CCOC(=O)NN(C(=O)OCC)C(F)(C(C)=O)C(=O)OCC. The number of nitrogens with zero attached hydrogens (tertiary/aromatic N) is 1. The average molecular weight is 322 g/mol. The van der Waals surface area contributed by atoms with Crippen LogP contribution >= 0.6 is 0 Å². The molecule has 1 N–H and O–H groups in total. The van der Waals surface area contributed by atoms with Crippen molar-refractivity contribution in [3.05, 3.63) is 0 Å². The molecular formula is C12H19FN2O7. The van der Waals surface area contributed by atoms with Crippen LogP contribution in [0.1, 0.15) is 27.7 Å². The quantitative estimate of drug-likeness (QED) is 0.254. The fraction of sp³-hybridized carbons (Fsp3) is 0.667. The van der Waals surface area contributed by atoms with E-state index in [0.717, 1.165) is 6.92 Å². The number of esters is 1. The van der Waals surface area contributed by atoms with Crippen molar-refractivity contribution in [1.29, 1.82) is 0 Å². The molecule has 126 valence electrons. The van der Waals surface area contributed by atoms with E-state index in [-0.39, 0.29) is 24.8 Å². The maximum atomic E-state index is 14.9. The molecule has 22 heavy (non-hydrogen) atoms. The lowest BCUT2D eigenvalue weighted by atomic mass is 10.1. The van der Waals surface area contributed by atoms with E-state index in [1.165, 1.54) is 20.8 Å². The first-order valence-corrected chi connectivity index (χ1v) is 6.53. The summed E-state index contributed by atoms with van der Waals surface area (Å²) < 4.78 is 28.3. The zero-order valence-electron chi connectivity index (χ0n) is 12.8. The molecule has 0 aromatic heterocycles. The minimum Gasteiger partial charge on any atom is -0.462 e. The fourth-order valence-electron chi connectivity index (χ4n) is 1.31. The van der Waals surface area contributed by atoms with E-state index in [9.17, 15) is 23.6 Å². The summed E-state index contributed by atoms with van der Waals surface area (Å²) in [6.45, 7) is 4.47. The first-order valence-electron chi connectivity index (χ1n) is 6.53. The molecule has 0 rings (SSSR count). The number of carbonyl (C=O) groups is 4. The van der Waals surface area contributed by atoms with Crippen molar-refractivity contribution in [3.63, 3.8) is 0 Å². The number of alkyl halides is 1. The molecule has 1 atom stereocenters. The standard InChI is InChI=1S/C12H19FN2O7/c1-5-20-9(17)12(13,8(4)16)15(11(19)22-7-3)14-10(18)21-6-2/h5-7H2,1-4H3,(H,14,18). The van der Waals surface area contributed by atoms with Gasteiger partial charge in [0.2, 0.25) is 5.78 Å². The molecule has 2 amide bonds. The van der Waals surface area contributed by atoms with Crippen LogP contribution in [0.3, 0.4) is 0 Å². The normalized spacial score (nSPS) is 12.6. The fourth-order valence-corrected chi connectivity index (χ4v) is 1.31. The highest BCUT2D eigenvalue weighted by Gasteiger charge is 2.55. The van der Waals surface area contributed by atoms with E-state index in [1.54, 1.807) is 5.43 Å². The van der Waals surface area contributed by atoms with Gasteiger partial charge in [0.05, 0.1) is 19.8 Å². The Morgan fingerprint density at radius 2 is 1.50 bits per heavy atom. The summed E-state index contributed by atoms with van der Waals surface area (Å²) >= 11 is 0. The number of nitrogens with one attached hydrogen (secondary N) is 1. The van der Waals surface area contributed by atoms with Crippen molar-refractivity contribution < 1.29 is 37.8 Å². The number of ether oxygens (including phenoxy) is 3. The molecule has 0 saturated heterocycles. The van der Waals surface area contributed by atoms with E-state index in [2.05, 4.69) is 14.2 Å². The summed E-state index contributed by atoms with van der Waals surface area (Å²) in [5.74, 6) is -6.61. The van der Waals surface area contributed by atoms with Crippen LogP contribution in [0.15, 0.2) is 0 Å². The van der Waals surface area contributed by atoms with Crippen molar-refractivity contribution in [2.24, 2.45) is 0 Å². The Hall–Kier alpha value is -2.39. The highest BCUT2D eigenvalue weighted by Crippen LogP contribution is 2.21. The van der Waals surface area contributed by atoms with Gasteiger partial charge in [0.1, 0.15) is 0 Å². The average Bonchev–Trinajstić information content (AvgIpc) is 2.44. The van der Waals surface area contributed by atoms with E-state index >= 15 is 0 Å². The minimum atomic E-state index is -3.57. The van der Waals surface area contributed by atoms with Gasteiger partial charge in [-0.15, -0.1) is 0 Å². The number of hydrogen-bond donors (Lipinski definition) is 1. The number of halogens is 1. The van der Waals surface area contributed by atoms with Crippen molar-refractivity contribution in [3.8, 4) is 0 Å². The molecule has 0 aliphatic rings. The third-order valence-corrected chi connectivity index (χ3v) is 2.25. The van der Waals surface area contributed by atoms with E-state index in [0.29, 0.717) is 0 Å². The lowest BCUT2D eigenvalue weighted by Gasteiger charge is -2.31. The van der Waals surface area contributed by atoms with Crippen molar-refractivity contribution >= 4 is 23.9 Å². The summed E-state index contributed by atoms with van der Waals surface area (Å²) in [7, 11) is 0. The second kappa shape index (κ2) is 8.80. The molecule has 10 heteroatoms. The number of amides is 2. The predicted molar refractivity (Wildman–Crippen MR) is 70.2 cm³/mol. The van der Waals surface area contributed by atoms with Crippen LogP contribution in [0.5, 0.6) is 0 Å². The third kappa shape index (κ3) is 4.57. The Labute approximate surface area is 126 Å². The van der Waals surface area contributed by atoms with Crippen molar-refractivity contribution in [1.82, 2.24) is 10.4 Å². The Balaban J connectivity index is 5.64. The summed E-state index contributed by atoms with van der Waals surface area (Å²) in [6, 6.07) is 0. The van der Waals surface area contributed by atoms with Gasteiger partial charge in [-0.25, -0.2) is 19.8 Å². The van der Waals surface area contributed by atoms with Gasteiger partial charge in [-0.2, -0.15) is 9.40 Å². The second-order valence-electron chi connectivity index (χ2n) is 3.77. The van der Waals surface area contributed by atoms with E-state index in [1.807, 2.05) is 0 Å². The Bertz CT molecular complexity index is 443. The van der Waals surface area contributed by atoms with Crippen LogP contribution in [0.2, 0.25) is 0 Å². The number of ketones is 1. The largest absolute Gasteiger partial charge is 0.462 e. The maximum Gasteiger partial charge on any atom is 0.432 e. The predicted octanol–water partition coefficient (Wildman–Crippen LogP) is 0.924. The zero-order chi connectivity index (χ0) is 17.3. The lowest BCUT2D eigenvalue weighted by molar-refractivity contribution is -0.178. The number of hydrogen-bond acceptors (Lipinski definition) is 7.